The van der Waals surface area contributed by atoms with Crippen LogP contribution in [-0.4, -0.2) is 32.8 Å². The van der Waals surface area contributed by atoms with Gasteiger partial charge in [0.25, 0.3) is 0 Å². The Labute approximate surface area is 119 Å². The summed E-state index contributed by atoms with van der Waals surface area (Å²) in [5.74, 6) is 2.57. The Kier molecular flexibility index (Phi) is 2.73. The zero-order valence-corrected chi connectivity index (χ0v) is 12.1. The van der Waals surface area contributed by atoms with E-state index in [4.69, 9.17) is 4.42 Å². The van der Waals surface area contributed by atoms with E-state index < -0.39 is 0 Å². The average Bonchev–Trinajstić information content (AvgIpc) is 2.94. The van der Waals surface area contributed by atoms with Gasteiger partial charge in [-0.2, -0.15) is 5.10 Å². The Morgan fingerprint density at radius 1 is 1.32 bits per heavy atom. The van der Waals surface area contributed by atoms with Gasteiger partial charge in [0, 0.05) is 25.2 Å². The largest absolute Gasteiger partial charge is 0.444 e. The lowest BCUT2D eigenvalue weighted by molar-refractivity contribution is 0.0810. The van der Waals surface area contributed by atoms with E-state index in [1.54, 1.807) is 0 Å². The molecule has 100 valence electrons. The molecule has 2 fully saturated rings. The zero-order valence-electron chi connectivity index (χ0n) is 10.5. The van der Waals surface area contributed by atoms with Gasteiger partial charge in [-0.25, -0.2) is 4.98 Å². The van der Waals surface area contributed by atoms with Crippen molar-refractivity contribution in [2.45, 2.75) is 31.3 Å². The maximum atomic E-state index is 5.78. The number of rotatable bonds is 4. The predicted octanol–water partition coefficient (Wildman–Crippen LogP) is 2.57. The number of aromatic nitrogens is 3. The van der Waals surface area contributed by atoms with Gasteiger partial charge in [-0.3, -0.25) is 9.58 Å². The Bertz CT molecular complexity index is 583. The van der Waals surface area contributed by atoms with Crippen LogP contribution in [0.25, 0.3) is 0 Å². The second-order valence-corrected chi connectivity index (χ2v) is 6.33. The Hall–Kier alpha value is -1.14. The van der Waals surface area contributed by atoms with Gasteiger partial charge in [-0.05, 0) is 28.8 Å². The van der Waals surface area contributed by atoms with E-state index in [0.717, 1.165) is 35.8 Å². The van der Waals surface area contributed by atoms with E-state index in [1.165, 1.54) is 12.8 Å². The molecular weight excluding hydrogens is 308 g/mol. The van der Waals surface area contributed by atoms with Crippen molar-refractivity contribution in [1.29, 1.82) is 0 Å². The number of oxazole rings is 1. The highest BCUT2D eigenvalue weighted by Gasteiger charge is 2.31. The lowest BCUT2D eigenvalue weighted by Crippen LogP contribution is -2.47. The van der Waals surface area contributed by atoms with Crippen LogP contribution in [-0.2, 0) is 6.54 Å². The number of hydrogen-bond donors (Lipinski definition) is 0. The van der Waals surface area contributed by atoms with Crippen LogP contribution in [0.2, 0.25) is 0 Å². The fraction of sp³-hybridized carbons (Fsp3) is 0.538. The number of halogens is 1. The summed E-state index contributed by atoms with van der Waals surface area (Å²) in [5.41, 5.74) is 0. The highest BCUT2D eigenvalue weighted by Crippen LogP contribution is 2.40. The molecule has 1 saturated carbocycles. The molecule has 0 radical (unpaired) electrons. The summed E-state index contributed by atoms with van der Waals surface area (Å²) >= 11 is 3.42. The van der Waals surface area contributed by atoms with Crippen LogP contribution >= 0.6 is 15.9 Å². The molecular formula is C13H15BrN4O. The maximum Gasteiger partial charge on any atom is 0.208 e. The summed E-state index contributed by atoms with van der Waals surface area (Å²) in [6, 6.07) is 0.476. The fourth-order valence-electron chi connectivity index (χ4n) is 2.50. The maximum absolute atomic E-state index is 5.78. The monoisotopic (exact) mass is 322 g/mol. The second-order valence-electron chi connectivity index (χ2n) is 5.42. The van der Waals surface area contributed by atoms with E-state index in [0.29, 0.717) is 12.0 Å². The molecule has 0 atom stereocenters. The molecule has 0 spiro atoms. The van der Waals surface area contributed by atoms with Crippen molar-refractivity contribution in [1.82, 2.24) is 19.7 Å². The lowest BCUT2D eigenvalue weighted by atomic mass is 10.1. The molecule has 0 bridgehead atoms. The van der Waals surface area contributed by atoms with Crippen molar-refractivity contribution in [3.8, 4) is 0 Å². The van der Waals surface area contributed by atoms with E-state index in [9.17, 15) is 0 Å². The molecule has 6 heteroatoms. The highest BCUT2D eigenvalue weighted by atomic mass is 79.9. The van der Waals surface area contributed by atoms with Gasteiger partial charge in [0.1, 0.15) is 5.76 Å². The molecule has 0 aromatic carbocycles. The van der Waals surface area contributed by atoms with Gasteiger partial charge in [0.15, 0.2) is 0 Å². The van der Waals surface area contributed by atoms with Gasteiger partial charge in [-0.15, -0.1) is 0 Å². The molecule has 1 saturated heterocycles. The molecule has 1 aliphatic carbocycles. The van der Waals surface area contributed by atoms with E-state index in [1.807, 2.05) is 23.3 Å². The number of nitrogens with zero attached hydrogens (tertiary/aromatic N) is 4. The van der Waals surface area contributed by atoms with Crippen LogP contribution in [0.4, 0.5) is 0 Å². The summed E-state index contributed by atoms with van der Waals surface area (Å²) in [7, 11) is 0. The summed E-state index contributed by atoms with van der Waals surface area (Å²) < 4.78 is 8.83. The van der Waals surface area contributed by atoms with Crippen molar-refractivity contribution in [2.75, 3.05) is 13.1 Å². The third-order valence-corrected chi connectivity index (χ3v) is 4.20. The van der Waals surface area contributed by atoms with Crippen LogP contribution in [0, 0.1) is 0 Å². The first kappa shape index (κ1) is 11.7. The van der Waals surface area contributed by atoms with Crippen LogP contribution in [0.3, 0.4) is 0 Å². The molecule has 0 unspecified atom stereocenters. The average molecular weight is 323 g/mol. The predicted molar refractivity (Wildman–Crippen MR) is 72.7 cm³/mol. The Balaban J connectivity index is 1.33. The summed E-state index contributed by atoms with van der Waals surface area (Å²) in [6.07, 6.45) is 8.27. The molecule has 2 aromatic rings. The van der Waals surface area contributed by atoms with Crippen LogP contribution < -0.4 is 0 Å². The van der Waals surface area contributed by atoms with Gasteiger partial charge in [0.2, 0.25) is 5.89 Å². The Morgan fingerprint density at radius 3 is 2.84 bits per heavy atom. The van der Waals surface area contributed by atoms with Crippen LogP contribution in [0.15, 0.2) is 27.5 Å². The molecule has 0 amide bonds. The van der Waals surface area contributed by atoms with E-state index in [-0.39, 0.29) is 0 Å². The molecule has 2 aliphatic rings. The van der Waals surface area contributed by atoms with Crippen molar-refractivity contribution < 1.29 is 4.42 Å². The second kappa shape index (κ2) is 4.45. The highest BCUT2D eigenvalue weighted by molar-refractivity contribution is 9.10. The van der Waals surface area contributed by atoms with Crippen LogP contribution in [0.5, 0.6) is 0 Å². The third kappa shape index (κ3) is 2.34. The third-order valence-electron chi connectivity index (χ3n) is 3.79. The summed E-state index contributed by atoms with van der Waals surface area (Å²) in [5, 5.41) is 4.32. The van der Waals surface area contributed by atoms with Crippen molar-refractivity contribution in [3.63, 3.8) is 0 Å². The molecule has 4 rings (SSSR count). The summed E-state index contributed by atoms with van der Waals surface area (Å²) in [4.78, 5) is 6.70. The van der Waals surface area contributed by atoms with Crippen molar-refractivity contribution >= 4 is 15.9 Å². The quantitative estimate of drug-likeness (QED) is 0.868. The SMILES string of the molecule is Brc1cnn(C2CN(Cc3ncc(C4CC4)o3)C2)c1. The topological polar surface area (TPSA) is 47.1 Å². The standard InChI is InChI=1S/C13H15BrN4O/c14-10-3-16-18(5-10)11-6-17(7-11)8-13-15-4-12(19-13)9-1-2-9/h3-5,9,11H,1-2,6-8H2. The van der Waals surface area contributed by atoms with Gasteiger partial charge in [0.05, 0.1) is 29.5 Å². The molecule has 0 N–H and O–H groups in total. The fourth-order valence-corrected chi connectivity index (χ4v) is 2.80. The van der Waals surface area contributed by atoms with Gasteiger partial charge in [-0.1, -0.05) is 0 Å². The normalized spacial score (nSPS) is 20.7. The van der Waals surface area contributed by atoms with Gasteiger partial charge < -0.3 is 4.42 Å². The minimum Gasteiger partial charge on any atom is -0.444 e. The first-order valence-electron chi connectivity index (χ1n) is 6.64. The lowest BCUT2D eigenvalue weighted by Gasteiger charge is -2.38. The van der Waals surface area contributed by atoms with Crippen LogP contribution in [0.1, 0.15) is 36.5 Å². The van der Waals surface area contributed by atoms with Gasteiger partial charge >= 0.3 is 0 Å². The molecule has 19 heavy (non-hydrogen) atoms. The first-order valence-corrected chi connectivity index (χ1v) is 7.44. The van der Waals surface area contributed by atoms with E-state index in [2.05, 4.69) is 30.9 Å². The van der Waals surface area contributed by atoms with Crippen molar-refractivity contribution in [3.05, 3.63) is 34.7 Å². The van der Waals surface area contributed by atoms with Crippen molar-refractivity contribution in [2.24, 2.45) is 0 Å². The zero-order chi connectivity index (χ0) is 12.8. The molecule has 3 heterocycles. The number of hydrogen-bond acceptors (Lipinski definition) is 4. The minimum atomic E-state index is 0.476. The molecule has 1 aliphatic heterocycles. The minimum absolute atomic E-state index is 0.476. The Morgan fingerprint density at radius 2 is 2.16 bits per heavy atom. The smallest absolute Gasteiger partial charge is 0.208 e. The summed E-state index contributed by atoms with van der Waals surface area (Å²) in [6.45, 7) is 2.83. The molecule has 5 nitrogen and oxygen atoms in total. The molecule has 2 aromatic heterocycles. The first-order chi connectivity index (χ1) is 9.28. The van der Waals surface area contributed by atoms with E-state index >= 15 is 0 Å². The number of likely N-dealkylation sites (tertiary alicyclic amines) is 1.